The van der Waals surface area contributed by atoms with Crippen LogP contribution in [0.4, 0.5) is 11.5 Å². The van der Waals surface area contributed by atoms with Gasteiger partial charge in [-0.2, -0.15) is 4.31 Å². The van der Waals surface area contributed by atoms with E-state index in [1.165, 1.54) is 29.6 Å². The van der Waals surface area contributed by atoms with E-state index in [4.69, 9.17) is 10.5 Å². The molecule has 2 heterocycles. The second-order valence-electron chi connectivity index (χ2n) is 10.0. The average Bonchev–Trinajstić information content (AvgIpc) is 3.31. The minimum Gasteiger partial charge on any atom is -0.495 e. The van der Waals surface area contributed by atoms with Crippen LogP contribution < -0.4 is 27.0 Å². The van der Waals surface area contributed by atoms with E-state index in [-0.39, 0.29) is 28.7 Å². The zero-order chi connectivity index (χ0) is 31.1. The van der Waals surface area contributed by atoms with Gasteiger partial charge in [-0.3, -0.25) is 19.0 Å². The van der Waals surface area contributed by atoms with Crippen LogP contribution in [0, 0.1) is 0 Å². The number of sulfonamides is 1. The van der Waals surface area contributed by atoms with Crippen molar-refractivity contribution in [2.45, 2.75) is 43.7 Å². The molecule has 0 bridgehead atoms. The average molecular weight is 614 g/mol. The summed E-state index contributed by atoms with van der Waals surface area (Å²) in [6.07, 6.45) is 3.48. The summed E-state index contributed by atoms with van der Waals surface area (Å²) in [6.45, 7) is -0.437. The summed E-state index contributed by atoms with van der Waals surface area (Å²) in [7, 11) is -1.29. The van der Waals surface area contributed by atoms with Crippen molar-refractivity contribution in [3.05, 3.63) is 80.5 Å². The second-order valence-corrected chi connectivity index (χ2v) is 12.0. The van der Waals surface area contributed by atoms with Gasteiger partial charge < -0.3 is 20.5 Å². The maximum absolute atomic E-state index is 13.5. The molecule has 1 saturated heterocycles. The van der Waals surface area contributed by atoms with E-state index in [1.54, 1.807) is 30.3 Å². The van der Waals surface area contributed by atoms with Crippen molar-refractivity contribution in [2.75, 3.05) is 44.9 Å². The molecule has 13 nitrogen and oxygen atoms in total. The Bertz CT molecular complexity index is 1710. The predicted octanol–water partition coefficient (Wildman–Crippen LogP) is 1.68. The van der Waals surface area contributed by atoms with E-state index in [0.717, 1.165) is 37.4 Å². The van der Waals surface area contributed by atoms with Crippen LogP contribution in [0.5, 0.6) is 5.75 Å². The summed E-state index contributed by atoms with van der Waals surface area (Å²) < 4.78 is 39.8. The maximum atomic E-state index is 13.5. The summed E-state index contributed by atoms with van der Waals surface area (Å²) in [4.78, 5) is 52.1. The van der Waals surface area contributed by atoms with Crippen LogP contribution >= 0.6 is 0 Å². The zero-order valence-corrected chi connectivity index (χ0v) is 24.9. The van der Waals surface area contributed by atoms with E-state index in [1.807, 2.05) is 0 Å². The van der Waals surface area contributed by atoms with Gasteiger partial charge in [0.1, 0.15) is 23.7 Å². The van der Waals surface area contributed by atoms with Gasteiger partial charge in [0.2, 0.25) is 10.0 Å². The molecular formula is C29H35N5O8S. The van der Waals surface area contributed by atoms with Gasteiger partial charge in [0.25, 0.3) is 5.56 Å². The topological polar surface area (TPSA) is 172 Å². The number of ether oxygens (including phenoxy) is 2. The Morgan fingerprint density at radius 2 is 1.63 bits per heavy atom. The number of rotatable bonds is 11. The van der Waals surface area contributed by atoms with Crippen LogP contribution in [0.1, 0.15) is 41.6 Å². The van der Waals surface area contributed by atoms with Gasteiger partial charge in [-0.15, -0.1) is 0 Å². The molecule has 14 heteroatoms. The number of carbonyl (C=O) groups excluding carboxylic acids is 2. The monoisotopic (exact) mass is 613 g/mol. The Morgan fingerprint density at radius 3 is 2.26 bits per heavy atom. The first-order chi connectivity index (χ1) is 20.6. The highest BCUT2D eigenvalue weighted by atomic mass is 32.2. The van der Waals surface area contributed by atoms with Gasteiger partial charge in [-0.1, -0.05) is 43.2 Å². The fraction of sp³-hybridized carbons (Fsp3) is 0.379. The quantitative estimate of drug-likeness (QED) is 0.239. The van der Waals surface area contributed by atoms with Crippen molar-refractivity contribution >= 4 is 33.3 Å². The molecule has 0 saturated carbocycles. The zero-order valence-electron chi connectivity index (χ0n) is 24.1. The second kappa shape index (κ2) is 13.7. The van der Waals surface area contributed by atoms with Crippen LogP contribution in [0.15, 0.2) is 63.0 Å². The van der Waals surface area contributed by atoms with Crippen molar-refractivity contribution in [1.29, 1.82) is 0 Å². The Labute approximate surface area is 248 Å². The molecular weight excluding hydrogens is 578 g/mol. The molecule has 1 aliphatic heterocycles. The van der Waals surface area contributed by atoms with Gasteiger partial charge in [-0.25, -0.2) is 17.8 Å². The summed E-state index contributed by atoms with van der Waals surface area (Å²) >= 11 is 0. The molecule has 1 fully saturated rings. The van der Waals surface area contributed by atoms with Crippen molar-refractivity contribution < 1.29 is 27.5 Å². The van der Waals surface area contributed by atoms with E-state index in [0.29, 0.717) is 23.2 Å². The number of benzene rings is 2. The molecule has 2 aromatic carbocycles. The van der Waals surface area contributed by atoms with E-state index >= 15 is 0 Å². The number of nitrogens with zero attached hydrogens (tertiary/aromatic N) is 3. The van der Waals surface area contributed by atoms with E-state index in [2.05, 4.69) is 10.1 Å². The molecule has 0 amide bonds. The first-order valence-corrected chi connectivity index (χ1v) is 15.2. The lowest BCUT2D eigenvalue weighted by molar-refractivity contribution is -0.141. The number of hydrogen-bond donors (Lipinski definition) is 2. The molecule has 0 spiro atoms. The molecule has 3 N–H and O–H groups in total. The summed E-state index contributed by atoms with van der Waals surface area (Å²) in [5, 5.41) is 2.86. The van der Waals surface area contributed by atoms with Crippen molar-refractivity contribution in [3.8, 4) is 5.75 Å². The fourth-order valence-corrected chi connectivity index (χ4v) is 6.45. The lowest BCUT2D eigenvalue weighted by Crippen LogP contribution is -2.46. The Kier molecular flexibility index (Phi) is 10.0. The van der Waals surface area contributed by atoms with Gasteiger partial charge in [0.05, 0.1) is 37.9 Å². The number of hydrogen-bond acceptors (Lipinski definition) is 10. The molecule has 0 atom stereocenters. The number of methoxy groups -OCH3 is 2. The van der Waals surface area contributed by atoms with E-state index in [9.17, 15) is 27.6 Å². The number of aromatic nitrogens is 2. The highest BCUT2D eigenvalue weighted by Gasteiger charge is 2.27. The first-order valence-electron chi connectivity index (χ1n) is 13.8. The molecule has 4 rings (SSSR count). The third-order valence-corrected chi connectivity index (χ3v) is 9.15. The maximum Gasteiger partial charge on any atom is 0.333 e. The van der Waals surface area contributed by atoms with Gasteiger partial charge in [-0.05, 0) is 36.6 Å². The van der Waals surface area contributed by atoms with Gasteiger partial charge in [0.15, 0.2) is 5.78 Å². The van der Waals surface area contributed by atoms with Crippen molar-refractivity contribution in [1.82, 2.24) is 13.4 Å². The predicted molar refractivity (Wildman–Crippen MR) is 160 cm³/mol. The molecule has 0 radical (unpaired) electrons. The minimum atomic E-state index is -3.80. The van der Waals surface area contributed by atoms with Crippen molar-refractivity contribution in [3.63, 3.8) is 0 Å². The van der Waals surface area contributed by atoms with Crippen LogP contribution in [0.2, 0.25) is 0 Å². The SMILES string of the molecule is COC(=O)Cn1c(=O)c(C(=O)CNc2cc(S(=O)(=O)N3CCCCCC3)ccc2OC)c(N)n(Cc2ccccc2)c1=O. The standard InChI is InChI=1S/C29H35N5O8S/c1-41-24-13-12-21(43(39,40)32-14-8-3-4-9-15-32)16-22(24)31-17-23(35)26-27(30)33(18-20-10-6-5-7-11-20)29(38)34(28(26)37)19-25(36)42-2/h5-7,10-13,16,31H,3-4,8-9,14-15,17-19,30H2,1-2H3. The fourth-order valence-electron chi connectivity index (χ4n) is 4.91. The lowest BCUT2D eigenvalue weighted by Gasteiger charge is -2.21. The largest absolute Gasteiger partial charge is 0.495 e. The normalized spacial score (nSPS) is 14.1. The third kappa shape index (κ3) is 6.97. The number of Topliss-reactive ketones (excluding diaryl/α,β-unsaturated/α-hetero) is 1. The Balaban J connectivity index is 1.68. The number of ketones is 1. The molecule has 3 aromatic rings. The molecule has 0 unspecified atom stereocenters. The van der Waals surface area contributed by atoms with Crippen LogP contribution in [0.25, 0.3) is 0 Å². The highest BCUT2D eigenvalue weighted by Crippen LogP contribution is 2.30. The van der Waals surface area contributed by atoms with Gasteiger partial charge in [0, 0.05) is 13.1 Å². The number of anilines is 2. The molecule has 1 aliphatic rings. The number of nitrogen functional groups attached to an aromatic ring is 1. The number of esters is 1. The summed E-state index contributed by atoms with van der Waals surface area (Å²) in [5.41, 5.74) is 4.69. The highest BCUT2D eigenvalue weighted by molar-refractivity contribution is 7.89. The first kappa shape index (κ1) is 31.5. The van der Waals surface area contributed by atoms with E-state index < -0.39 is 51.7 Å². The third-order valence-electron chi connectivity index (χ3n) is 7.26. The summed E-state index contributed by atoms with van der Waals surface area (Å²) in [5.74, 6) is -1.74. The number of nitrogens with two attached hydrogens (primary N) is 1. The summed E-state index contributed by atoms with van der Waals surface area (Å²) in [6, 6.07) is 13.1. The smallest absolute Gasteiger partial charge is 0.333 e. The molecule has 0 aliphatic carbocycles. The van der Waals surface area contributed by atoms with Gasteiger partial charge >= 0.3 is 11.7 Å². The minimum absolute atomic E-state index is 0.0292. The Hall–Kier alpha value is -4.43. The lowest BCUT2D eigenvalue weighted by atomic mass is 10.1. The van der Waals surface area contributed by atoms with Crippen LogP contribution in [-0.2, 0) is 32.6 Å². The van der Waals surface area contributed by atoms with Crippen molar-refractivity contribution in [2.24, 2.45) is 0 Å². The van der Waals surface area contributed by atoms with Crippen LogP contribution in [0.3, 0.4) is 0 Å². The van der Waals surface area contributed by atoms with Crippen LogP contribution in [-0.4, -0.2) is 67.5 Å². The number of nitrogens with one attached hydrogen (secondary N) is 1. The molecule has 43 heavy (non-hydrogen) atoms. The molecule has 230 valence electrons. The number of carbonyl (C=O) groups is 2. The molecule has 1 aromatic heterocycles. The Morgan fingerprint density at radius 1 is 0.953 bits per heavy atom.